The lowest BCUT2D eigenvalue weighted by molar-refractivity contribution is -0.878. The van der Waals surface area contributed by atoms with Crippen LogP contribution in [0.1, 0.15) is 28.8 Å². The Morgan fingerprint density at radius 2 is 2.04 bits per heavy atom. The predicted octanol–water partition coefficient (Wildman–Crippen LogP) is 2.37. The molecule has 3 rings (SSSR count). The summed E-state index contributed by atoms with van der Waals surface area (Å²) in [6, 6.07) is 5.27. The highest BCUT2D eigenvalue weighted by Gasteiger charge is 2.30. The van der Waals surface area contributed by atoms with Gasteiger partial charge in [0.05, 0.1) is 18.7 Å². The molecule has 1 aliphatic rings. The van der Waals surface area contributed by atoms with Gasteiger partial charge in [-0.2, -0.15) is 13.2 Å². The highest BCUT2D eigenvalue weighted by Crippen LogP contribution is 2.30. The second-order valence-corrected chi connectivity index (χ2v) is 7.30. The lowest BCUT2D eigenvalue weighted by Gasteiger charge is -2.10. The van der Waals surface area contributed by atoms with E-state index in [2.05, 4.69) is 10.3 Å². The number of alkyl halides is 3. The standard InChI is InChI=1S/C17H18F3N3OS/c18-17(19,20)13-5-3-4-12(8-13)9-14-10-21-16(25-14)22-15(24)11-23-6-1-2-7-23/h3-5,8,10H,1-2,6-7,9,11H2,(H,21,22,24)/p+1. The van der Waals surface area contributed by atoms with Crippen molar-refractivity contribution in [3.8, 4) is 0 Å². The molecule has 2 N–H and O–H groups in total. The Bertz CT molecular complexity index is 739. The van der Waals surface area contributed by atoms with Crippen molar-refractivity contribution < 1.29 is 22.9 Å². The van der Waals surface area contributed by atoms with Gasteiger partial charge in [0.15, 0.2) is 11.7 Å². The van der Waals surface area contributed by atoms with Gasteiger partial charge in [0.1, 0.15) is 0 Å². The van der Waals surface area contributed by atoms with Crippen LogP contribution in [0.5, 0.6) is 0 Å². The van der Waals surface area contributed by atoms with Crippen LogP contribution in [-0.2, 0) is 17.4 Å². The number of nitrogens with one attached hydrogen (secondary N) is 2. The first-order valence-electron chi connectivity index (χ1n) is 8.14. The number of anilines is 1. The average molecular weight is 370 g/mol. The molecule has 134 valence electrons. The van der Waals surface area contributed by atoms with E-state index in [-0.39, 0.29) is 5.91 Å². The molecule has 0 aliphatic carbocycles. The van der Waals surface area contributed by atoms with E-state index in [1.165, 1.54) is 22.3 Å². The summed E-state index contributed by atoms with van der Waals surface area (Å²) >= 11 is 1.29. The van der Waals surface area contributed by atoms with Gasteiger partial charge in [-0.25, -0.2) is 4.98 Å². The Morgan fingerprint density at radius 3 is 2.76 bits per heavy atom. The second kappa shape index (κ2) is 7.53. The maximum Gasteiger partial charge on any atom is 0.416 e. The third-order valence-corrected chi connectivity index (χ3v) is 5.07. The van der Waals surface area contributed by atoms with Gasteiger partial charge in [-0.05, 0) is 11.6 Å². The molecule has 4 nitrogen and oxygen atoms in total. The first-order chi connectivity index (χ1) is 11.9. The molecule has 25 heavy (non-hydrogen) atoms. The van der Waals surface area contributed by atoms with Crippen molar-refractivity contribution in [2.45, 2.75) is 25.4 Å². The van der Waals surface area contributed by atoms with Gasteiger partial charge < -0.3 is 4.90 Å². The molecule has 0 unspecified atom stereocenters. The molecule has 8 heteroatoms. The number of thiazole rings is 1. The Kier molecular flexibility index (Phi) is 5.39. The number of nitrogens with zero attached hydrogens (tertiary/aromatic N) is 1. The zero-order chi connectivity index (χ0) is 17.9. The minimum Gasteiger partial charge on any atom is -0.327 e. The molecule has 1 aromatic carbocycles. The van der Waals surface area contributed by atoms with Crippen LogP contribution in [0.4, 0.5) is 18.3 Å². The fraction of sp³-hybridized carbons (Fsp3) is 0.412. The summed E-state index contributed by atoms with van der Waals surface area (Å²) in [6.45, 7) is 2.47. The van der Waals surface area contributed by atoms with Gasteiger partial charge in [0, 0.05) is 30.3 Å². The first-order valence-corrected chi connectivity index (χ1v) is 8.96. The molecule has 1 saturated heterocycles. The van der Waals surface area contributed by atoms with E-state index in [0.29, 0.717) is 23.7 Å². The molecule has 1 fully saturated rings. The van der Waals surface area contributed by atoms with E-state index in [9.17, 15) is 18.0 Å². The van der Waals surface area contributed by atoms with E-state index in [0.717, 1.165) is 42.9 Å². The van der Waals surface area contributed by atoms with Crippen LogP contribution in [0.25, 0.3) is 0 Å². The number of aromatic nitrogens is 1. The smallest absolute Gasteiger partial charge is 0.327 e. The van der Waals surface area contributed by atoms with Gasteiger partial charge in [-0.15, -0.1) is 11.3 Å². The first kappa shape index (κ1) is 17.9. The van der Waals surface area contributed by atoms with Crippen LogP contribution in [0.3, 0.4) is 0 Å². The zero-order valence-electron chi connectivity index (χ0n) is 13.5. The van der Waals surface area contributed by atoms with Crippen molar-refractivity contribution in [1.82, 2.24) is 4.98 Å². The number of hydrogen-bond donors (Lipinski definition) is 2. The number of hydrogen-bond acceptors (Lipinski definition) is 3. The minimum absolute atomic E-state index is 0.0723. The number of carbonyl (C=O) groups excluding carboxylic acids is 1. The molecule has 0 spiro atoms. The molecule has 0 atom stereocenters. The van der Waals surface area contributed by atoms with Crippen molar-refractivity contribution >= 4 is 22.4 Å². The lowest BCUT2D eigenvalue weighted by atomic mass is 10.1. The van der Waals surface area contributed by atoms with Crippen molar-refractivity contribution in [3.63, 3.8) is 0 Å². The van der Waals surface area contributed by atoms with E-state index in [4.69, 9.17) is 0 Å². The lowest BCUT2D eigenvalue weighted by Crippen LogP contribution is -3.11. The van der Waals surface area contributed by atoms with Gasteiger partial charge in [0.2, 0.25) is 0 Å². The van der Waals surface area contributed by atoms with Crippen molar-refractivity contribution in [2.24, 2.45) is 0 Å². The summed E-state index contributed by atoms with van der Waals surface area (Å²) in [5, 5.41) is 3.27. The molecule has 0 radical (unpaired) electrons. The van der Waals surface area contributed by atoms with E-state index < -0.39 is 11.7 Å². The van der Waals surface area contributed by atoms with Crippen LogP contribution in [0.2, 0.25) is 0 Å². The number of quaternary nitrogens is 1. The van der Waals surface area contributed by atoms with E-state index >= 15 is 0 Å². The van der Waals surface area contributed by atoms with Crippen LogP contribution < -0.4 is 10.2 Å². The Morgan fingerprint density at radius 1 is 1.28 bits per heavy atom. The second-order valence-electron chi connectivity index (χ2n) is 6.19. The zero-order valence-corrected chi connectivity index (χ0v) is 14.3. The molecule has 1 amide bonds. The van der Waals surface area contributed by atoms with Gasteiger partial charge in [0.25, 0.3) is 5.91 Å². The van der Waals surface area contributed by atoms with Crippen LogP contribution in [-0.4, -0.2) is 30.5 Å². The third kappa shape index (κ3) is 5.02. The maximum absolute atomic E-state index is 12.8. The number of amides is 1. The maximum atomic E-state index is 12.8. The van der Waals surface area contributed by atoms with Crippen molar-refractivity contribution in [3.05, 3.63) is 46.5 Å². The number of halogens is 3. The van der Waals surface area contributed by atoms with Gasteiger partial charge in [-0.3, -0.25) is 10.1 Å². The molecule has 2 heterocycles. The molecule has 0 saturated carbocycles. The average Bonchev–Trinajstić information content (AvgIpc) is 3.19. The molecule has 1 aromatic heterocycles. The van der Waals surface area contributed by atoms with Gasteiger partial charge >= 0.3 is 6.18 Å². The summed E-state index contributed by atoms with van der Waals surface area (Å²) < 4.78 is 38.3. The highest BCUT2D eigenvalue weighted by molar-refractivity contribution is 7.15. The summed E-state index contributed by atoms with van der Waals surface area (Å²) in [4.78, 5) is 18.2. The SMILES string of the molecule is O=C(C[NH+]1CCCC1)Nc1ncc(Cc2cccc(C(F)(F)F)c2)s1. The number of rotatable bonds is 5. The van der Waals surface area contributed by atoms with E-state index in [1.54, 1.807) is 12.3 Å². The number of carbonyl (C=O) groups is 1. The third-order valence-electron chi connectivity index (χ3n) is 4.15. The molecular formula is C17H19F3N3OS+. The van der Waals surface area contributed by atoms with Crippen molar-refractivity contribution in [1.29, 1.82) is 0 Å². The summed E-state index contributed by atoms with van der Waals surface area (Å²) in [6.07, 6.45) is -0.0825. The van der Waals surface area contributed by atoms with Crippen LogP contribution >= 0.6 is 11.3 Å². The fourth-order valence-electron chi connectivity index (χ4n) is 2.95. The normalized spacial score (nSPS) is 15.5. The topological polar surface area (TPSA) is 46.4 Å². The Hall–Kier alpha value is -1.93. The van der Waals surface area contributed by atoms with Gasteiger partial charge in [-0.1, -0.05) is 18.2 Å². The molecule has 2 aromatic rings. The van der Waals surface area contributed by atoms with Crippen LogP contribution in [0, 0.1) is 0 Å². The highest BCUT2D eigenvalue weighted by atomic mass is 32.1. The van der Waals surface area contributed by atoms with E-state index in [1.807, 2.05) is 0 Å². The summed E-state index contributed by atoms with van der Waals surface area (Å²) in [5.74, 6) is -0.0723. The largest absolute Gasteiger partial charge is 0.416 e. The van der Waals surface area contributed by atoms with Crippen LogP contribution in [0.15, 0.2) is 30.5 Å². The van der Waals surface area contributed by atoms with Crippen molar-refractivity contribution in [2.75, 3.05) is 25.0 Å². The fourth-order valence-corrected chi connectivity index (χ4v) is 3.81. The summed E-state index contributed by atoms with van der Waals surface area (Å²) in [5.41, 5.74) is -0.0884. The molecular weight excluding hydrogens is 351 g/mol. The number of likely N-dealkylation sites (tertiary alicyclic amines) is 1. The Labute approximate surface area is 147 Å². The Balaban J connectivity index is 1.59. The minimum atomic E-state index is -4.35. The molecule has 0 bridgehead atoms. The predicted molar refractivity (Wildman–Crippen MR) is 89.8 cm³/mol. The monoisotopic (exact) mass is 370 g/mol. The summed E-state index contributed by atoms with van der Waals surface area (Å²) in [7, 11) is 0. The molecule has 1 aliphatic heterocycles. The quantitative estimate of drug-likeness (QED) is 0.849. The number of benzene rings is 1.